The molecule has 2 aromatic rings. The molecule has 9 heteroatoms. The number of fused-ring (bicyclic) bond motifs is 1. The Morgan fingerprint density at radius 3 is 2.85 bits per heavy atom. The Morgan fingerprint density at radius 1 is 1.40 bits per heavy atom. The smallest absolute Gasteiger partial charge is 0.280 e. The average Bonchev–Trinajstić information content (AvgIpc) is 2.70. The molecule has 0 spiro atoms. The minimum absolute atomic E-state index is 0.0614. The van der Waals surface area contributed by atoms with E-state index in [-0.39, 0.29) is 23.8 Å². The molecule has 3 N–H and O–H groups in total. The number of aromatic amines is 1. The number of nitrogen functional groups attached to an aromatic ring is 1. The van der Waals surface area contributed by atoms with Crippen LogP contribution < -0.4 is 11.3 Å². The molecule has 2 heterocycles. The van der Waals surface area contributed by atoms with Crippen molar-refractivity contribution in [1.29, 1.82) is 0 Å². The first-order chi connectivity index (χ1) is 9.37. The van der Waals surface area contributed by atoms with E-state index in [9.17, 15) is 4.79 Å². The molecule has 0 atom stereocenters. The van der Waals surface area contributed by atoms with E-state index in [4.69, 9.17) is 14.9 Å². The SMILES string of the molecule is C[Si](C)(C)OCCOCn1cnc2c(=O)[nH]c(N)nc21. The fraction of sp³-hybridized carbons (Fsp3) is 0.545. The van der Waals surface area contributed by atoms with Gasteiger partial charge in [0.25, 0.3) is 5.56 Å². The van der Waals surface area contributed by atoms with Crippen LogP contribution in [0.4, 0.5) is 5.95 Å². The van der Waals surface area contributed by atoms with Gasteiger partial charge in [-0.1, -0.05) is 0 Å². The largest absolute Gasteiger partial charge is 0.415 e. The Kier molecular flexibility index (Phi) is 4.21. The van der Waals surface area contributed by atoms with Gasteiger partial charge in [0.05, 0.1) is 19.5 Å². The second-order valence-corrected chi connectivity index (χ2v) is 9.85. The Labute approximate surface area is 117 Å². The Bertz CT molecular complexity index is 646. The normalized spacial score (nSPS) is 12.2. The predicted molar refractivity (Wildman–Crippen MR) is 77.8 cm³/mol. The first kappa shape index (κ1) is 14.7. The zero-order valence-corrected chi connectivity index (χ0v) is 12.8. The van der Waals surface area contributed by atoms with Crippen LogP contribution in [0.5, 0.6) is 0 Å². The summed E-state index contributed by atoms with van der Waals surface area (Å²) in [6.45, 7) is 7.64. The van der Waals surface area contributed by atoms with Crippen LogP contribution >= 0.6 is 0 Å². The summed E-state index contributed by atoms with van der Waals surface area (Å²) in [5.74, 6) is 0.0614. The third-order valence-electron chi connectivity index (χ3n) is 2.49. The molecule has 0 amide bonds. The molecule has 8 nitrogen and oxygen atoms in total. The van der Waals surface area contributed by atoms with E-state index in [0.29, 0.717) is 18.9 Å². The molecule has 0 fully saturated rings. The van der Waals surface area contributed by atoms with Gasteiger partial charge in [0.1, 0.15) is 6.73 Å². The molecule has 0 aromatic carbocycles. The van der Waals surface area contributed by atoms with Crippen LogP contribution in [0.25, 0.3) is 11.2 Å². The van der Waals surface area contributed by atoms with Crippen molar-refractivity contribution in [2.24, 2.45) is 0 Å². The van der Waals surface area contributed by atoms with Crippen molar-refractivity contribution >= 4 is 25.4 Å². The highest BCUT2D eigenvalue weighted by Crippen LogP contribution is 2.06. The maximum atomic E-state index is 11.6. The van der Waals surface area contributed by atoms with Gasteiger partial charge in [-0.05, 0) is 19.6 Å². The fourth-order valence-electron chi connectivity index (χ4n) is 1.63. The summed E-state index contributed by atoms with van der Waals surface area (Å²) in [5.41, 5.74) is 5.82. The lowest BCUT2D eigenvalue weighted by Crippen LogP contribution is -2.27. The summed E-state index contributed by atoms with van der Waals surface area (Å²) in [6.07, 6.45) is 1.51. The number of ether oxygens (including phenoxy) is 1. The Morgan fingerprint density at radius 2 is 2.15 bits per heavy atom. The first-order valence-corrected chi connectivity index (χ1v) is 9.70. The molecule has 0 saturated heterocycles. The summed E-state index contributed by atoms with van der Waals surface area (Å²) in [7, 11) is -1.51. The topological polar surface area (TPSA) is 108 Å². The van der Waals surface area contributed by atoms with Gasteiger partial charge >= 0.3 is 0 Å². The molecule has 20 heavy (non-hydrogen) atoms. The molecule has 0 aliphatic heterocycles. The number of nitrogens with two attached hydrogens (primary N) is 1. The number of hydrogen-bond acceptors (Lipinski definition) is 6. The summed E-state index contributed by atoms with van der Waals surface area (Å²) < 4.78 is 12.8. The van der Waals surface area contributed by atoms with Gasteiger partial charge in [0.2, 0.25) is 5.95 Å². The van der Waals surface area contributed by atoms with Crippen molar-refractivity contribution < 1.29 is 9.16 Å². The molecule has 0 unspecified atom stereocenters. The molecule has 110 valence electrons. The van der Waals surface area contributed by atoms with Gasteiger partial charge in [-0.25, -0.2) is 4.98 Å². The molecule has 0 radical (unpaired) electrons. The number of nitrogens with one attached hydrogen (secondary N) is 1. The number of nitrogens with zero attached hydrogens (tertiary/aromatic N) is 3. The van der Waals surface area contributed by atoms with E-state index in [1.165, 1.54) is 6.33 Å². The number of imidazole rings is 1. The monoisotopic (exact) mass is 297 g/mol. The van der Waals surface area contributed by atoms with Crippen molar-refractivity contribution in [2.45, 2.75) is 26.4 Å². The van der Waals surface area contributed by atoms with Crippen molar-refractivity contribution in [3.8, 4) is 0 Å². The summed E-state index contributed by atoms with van der Waals surface area (Å²) in [4.78, 5) is 22.0. The van der Waals surface area contributed by atoms with E-state index < -0.39 is 8.32 Å². The quantitative estimate of drug-likeness (QED) is 0.594. The van der Waals surface area contributed by atoms with Crippen LogP contribution in [-0.4, -0.2) is 41.1 Å². The maximum absolute atomic E-state index is 11.6. The van der Waals surface area contributed by atoms with Crippen LogP contribution in [0.1, 0.15) is 0 Å². The second-order valence-electron chi connectivity index (χ2n) is 5.34. The average molecular weight is 297 g/mol. The maximum Gasteiger partial charge on any atom is 0.280 e. The van der Waals surface area contributed by atoms with Gasteiger partial charge in [-0.15, -0.1) is 0 Å². The molecule has 0 aliphatic rings. The van der Waals surface area contributed by atoms with Crippen molar-refractivity contribution in [3.05, 3.63) is 16.7 Å². The minimum Gasteiger partial charge on any atom is -0.415 e. The third kappa shape index (κ3) is 3.65. The van der Waals surface area contributed by atoms with Crippen LogP contribution in [0.3, 0.4) is 0 Å². The summed E-state index contributed by atoms with van der Waals surface area (Å²) >= 11 is 0. The molecule has 2 rings (SSSR count). The van der Waals surface area contributed by atoms with Gasteiger partial charge < -0.3 is 14.9 Å². The first-order valence-electron chi connectivity index (χ1n) is 6.29. The van der Waals surface area contributed by atoms with Crippen LogP contribution in [0, 0.1) is 0 Å². The standard InChI is InChI=1S/C11H19N5O3Si/c1-20(2,3)19-5-4-18-7-16-6-13-8-9(16)14-11(12)15-10(8)17/h6H,4-5,7H2,1-3H3,(H3,12,14,15,17). The van der Waals surface area contributed by atoms with E-state index in [1.54, 1.807) is 4.57 Å². The molecule has 0 saturated carbocycles. The second kappa shape index (κ2) is 5.73. The highest BCUT2D eigenvalue weighted by molar-refractivity contribution is 6.69. The number of hydrogen-bond donors (Lipinski definition) is 2. The highest BCUT2D eigenvalue weighted by atomic mass is 28.4. The lowest BCUT2D eigenvalue weighted by Gasteiger charge is -2.16. The zero-order valence-electron chi connectivity index (χ0n) is 11.8. The van der Waals surface area contributed by atoms with E-state index in [1.807, 2.05) is 0 Å². The molecule has 0 bridgehead atoms. The van der Waals surface area contributed by atoms with Crippen LogP contribution in [0.15, 0.2) is 11.1 Å². The predicted octanol–water partition coefficient (Wildman–Crippen LogP) is 0.527. The van der Waals surface area contributed by atoms with Gasteiger partial charge in [-0.3, -0.25) is 14.3 Å². The third-order valence-corrected chi connectivity index (χ3v) is 3.56. The molecule has 0 aliphatic carbocycles. The number of H-pyrrole nitrogens is 1. The number of anilines is 1. The van der Waals surface area contributed by atoms with Gasteiger partial charge in [0, 0.05) is 0 Å². The lowest BCUT2D eigenvalue weighted by atomic mass is 10.5. The number of aromatic nitrogens is 4. The van der Waals surface area contributed by atoms with Crippen LogP contribution in [-0.2, 0) is 15.9 Å². The van der Waals surface area contributed by atoms with E-state index in [2.05, 4.69) is 34.6 Å². The van der Waals surface area contributed by atoms with Crippen molar-refractivity contribution in [1.82, 2.24) is 19.5 Å². The van der Waals surface area contributed by atoms with Crippen molar-refractivity contribution in [3.63, 3.8) is 0 Å². The lowest BCUT2D eigenvalue weighted by molar-refractivity contribution is 0.0540. The van der Waals surface area contributed by atoms with E-state index >= 15 is 0 Å². The van der Waals surface area contributed by atoms with Gasteiger partial charge in [-0.2, -0.15) is 4.98 Å². The van der Waals surface area contributed by atoms with Crippen molar-refractivity contribution in [2.75, 3.05) is 18.9 Å². The van der Waals surface area contributed by atoms with E-state index in [0.717, 1.165) is 0 Å². The summed E-state index contributed by atoms with van der Waals surface area (Å²) in [5, 5.41) is 0. The Balaban J connectivity index is 1.96. The summed E-state index contributed by atoms with van der Waals surface area (Å²) in [6, 6.07) is 0. The van der Waals surface area contributed by atoms with Gasteiger partial charge in [0.15, 0.2) is 19.5 Å². The molecular weight excluding hydrogens is 278 g/mol. The number of rotatable bonds is 6. The highest BCUT2D eigenvalue weighted by Gasteiger charge is 2.13. The fourth-order valence-corrected chi connectivity index (χ4v) is 2.33. The molecule has 2 aromatic heterocycles. The minimum atomic E-state index is -1.51. The zero-order chi connectivity index (χ0) is 14.8. The Hall–Kier alpha value is -1.71. The molecular formula is C11H19N5O3Si. The van der Waals surface area contributed by atoms with Crippen LogP contribution in [0.2, 0.25) is 19.6 Å².